The topological polar surface area (TPSA) is 62.2 Å². The van der Waals surface area contributed by atoms with E-state index in [1.165, 1.54) is 11.3 Å². The number of thiazole rings is 1. The molecular formula is C14H16N2O2S2. The van der Waals surface area contributed by atoms with Crippen LogP contribution >= 0.6 is 22.7 Å². The summed E-state index contributed by atoms with van der Waals surface area (Å²) in [4.78, 5) is 16.5. The average molecular weight is 308 g/mol. The fourth-order valence-electron chi connectivity index (χ4n) is 2.42. The van der Waals surface area contributed by atoms with Crippen LogP contribution in [0.3, 0.4) is 0 Å². The molecule has 4 nitrogen and oxygen atoms in total. The number of aliphatic hydroxyl groups is 1. The van der Waals surface area contributed by atoms with Crippen molar-refractivity contribution in [3.63, 3.8) is 0 Å². The highest BCUT2D eigenvalue weighted by Gasteiger charge is 2.25. The molecule has 2 unspecified atom stereocenters. The van der Waals surface area contributed by atoms with Crippen LogP contribution in [0, 0.1) is 0 Å². The minimum absolute atomic E-state index is 0.137. The number of thiophene rings is 1. The van der Waals surface area contributed by atoms with Crippen LogP contribution in [0.1, 0.15) is 36.2 Å². The van der Waals surface area contributed by atoms with Gasteiger partial charge in [0.1, 0.15) is 10.7 Å². The van der Waals surface area contributed by atoms with E-state index in [2.05, 4.69) is 10.3 Å². The Morgan fingerprint density at radius 3 is 2.95 bits per heavy atom. The number of aromatic nitrogens is 1. The van der Waals surface area contributed by atoms with Gasteiger partial charge in [-0.05, 0) is 24.3 Å². The van der Waals surface area contributed by atoms with E-state index in [1.54, 1.807) is 16.7 Å². The van der Waals surface area contributed by atoms with Crippen molar-refractivity contribution in [2.24, 2.45) is 0 Å². The summed E-state index contributed by atoms with van der Waals surface area (Å²) in [6.45, 7) is 0. The second kappa shape index (κ2) is 6.03. The summed E-state index contributed by atoms with van der Waals surface area (Å²) in [6.07, 6.45) is 3.27. The molecule has 2 N–H and O–H groups in total. The van der Waals surface area contributed by atoms with E-state index < -0.39 is 6.10 Å². The smallest absolute Gasteiger partial charge is 0.271 e. The molecule has 0 radical (unpaired) electrons. The summed E-state index contributed by atoms with van der Waals surface area (Å²) in [5.41, 5.74) is 1.49. The number of carbonyl (C=O) groups excluding carboxylic acids is 1. The molecule has 3 rings (SSSR count). The van der Waals surface area contributed by atoms with Crippen LogP contribution in [-0.4, -0.2) is 28.1 Å². The molecule has 1 aliphatic rings. The summed E-state index contributed by atoms with van der Waals surface area (Å²) >= 11 is 3.08. The zero-order valence-electron chi connectivity index (χ0n) is 10.9. The van der Waals surface area contributed by atoms with Crippen molar-refractivity contribution >= 4 is 28.6 Å². The van der Waals surface area contributed by atoms with E-state index in [9.17, 15) is 9.90 Å². The first-order valence-corrected chi connectivity index (χ1v) is 8.53. The number of nitrogens with zero attached hydrogens (tertiary/aromatic N) is 1. The van der Waals surface area contributed by atoms with Crippen LogP contribution in [0.4, 0.5) is 0 Å². The first-order chi connectivity index (χ1) is 9.74. The lowest BCUT2D eigenvalue weighted by Gasteiger charge is -2.27. The Bertz CT molecular complexity index is 580. The molecule has 1 amide bonds. The van der Waals surface area contributed by atoms with Gasteiger partial charge in [-0.25, -0.2) is 4.98 Å². The summed E-state index contributed by atoms with van der Waals surface area (Å²) in [5.74, 6) is -0.186. The Kier molecular flexibility index (Phi) is 4.14. The predicted molar refractivity (Wildman–Crippen MR) is 81.2 cm³/mol. The first kappa shape index (κ1) is 13.7. The fraction of sp³-hybridized carbons (Fsp3) is 0.429. The van der Waals surface area contributed by atoms with Gasteiger partial charge in [0, 0.05) is 16.3 Å². The van der Waals surface area contributed by atoms with Gasteiger partial charge in [-0.15, -0.1) is 11.3 Å². The summed E-state index contributed by atoms with van der Waals surface area (Å²) in [5, 5.41) is 19.4. The maximum atomic E-state index is 12.2. The molecule has 20 heavy (non-hydrogen) atoms. The third kappa shape index (κ3) is 2.92. The fourth-order valence-corrected chi connectivity index (χ4v) is 3.93. The molecule has 2 heterocycles. The van der Waals surface area contributed by atoms with Gasteiger partial charge in [-0.2, -0.15) is 11.3 Å². The van der Waals surface area contributed by atoms with E-state index in [-0.39, 0.29) is 11.9 Å². The van der Waals surface area contributed by atoms with Crippen LogP contribution in [0.5, 0.6) is 0 Å². The molecular weight excluding hydrogens is 292 g/mol. The quantitative estimate of drug-likeness (QED) is 0.916. The van der Waals surface area contributed by atoms with Gasteiger partial charge >= 0.3 is 0 Å². The zero-order chi connectivity index (χ0) is 13.9. The Balaban J connectivity index is 1.68. The zero-order valence-corrected chi connectivity index (χ0v) is 12.5. The highest BCUT2D eigenvalue weighted by molar-refractivity contribution is 7.14. The number of rotatable bonds is 3. The Hall–Kier alpha value is -1.24. The predicted octanol–water partition coefficient (Wildman–Crippen LogP) is 2.90. The van der Waals surface area contributed by atoms with Gasteiger partial charge in [0.25, 0.3) is 5.91 Å². The Morgan fingerprint density at radius 1 is 1.35 bits per heavy atom. The van der Waals surface area contributed by atoms with Crippen molar-refractivity contribution in [2.75, 3.05) is 0 Å². The lowest BCUT2D eigenvalue weighted by atomic mass is 9.92. The molecule has 0 saturated heterocycles. The molecule has 1 fully saturated rings. The molecule has 106 valence electrons. The molecule has 0 bridgehead atoms. The maximum absolute atomic E-state index is 12.2. The highest BCUT2D eigenvalue weighted by Crippen LogP contribution is 2.26. The SMILES string of the molecule is O=C(NC1CCCCC1O)c1csc(-c2ccsc2)n1. The minimum atomic E-state index is -0.428. The number of hydrogen-bond donors (Lipinski definition) is 2. The van der Waals surface area contributed by atoms with Crippen molar-refractivity contribution in [2.45, 2.75) is 37.8 Å². The van der Waals surface area contributed by atoms with E-state index >= 15 is 0 Å². The van der Waals surface area contributed by atoms with E-state index in [0.717, 1.165) is 36.3 Å². The third-order valence-electron chi connectivity index (χ3n) is 3.55. The van der Waals surface area contributed by atoms with Crippen molar-refractivity contribution in [1.29, 1.82) is 0 Å². The molecule has 0 aliphatic heterocycles. The first-order valence-electron chi connectivity index (χ1n) is 6.71. The summed E-state index contributed by atoms with van der Waals surface area (Å²) in [6, 6.07) is 1.86. The largest absolute Gasteiger partial charge is 0.391 e. The van der Waals surface area contributed by atoms with Crippen molar-refractivity contribution in [3.05, 3.63) is 27.9 Å². The number of amides is 1. The van der Waals surface area contributed by atoms with Crippen LogP contribution in [0.2, 0.25) is 0 Å². The van der Waals surface area contributed by atoms with Crippen LogP contribution in [0.25, 0.3) is 10.6 Å². The summed E-state index contributed by atoms with van der Waals surface area (Å²) in [7, 11) is 0. The van der Waals surface area contributed by atoms with Gasteiger partial charge in [0.2, 0.25) is 0 Å². The Labute approximate surface area is 125 Å². The second-order valence-corrected chi connectivity index (χ2v) is 6.62. The molecule has 1 aliphatic carbocycles. The lowest BCUT2D eigenvalue weighted by Crippen LogP contribution is -2.45. The van der Waals surface area contributed by atoms with Gasteiger partial charge in [0.05, 0.1) is 12.1 Å². The molecule has 2 atom stereocenters. The van der Waals surface area contributed by atoms with E-state index in [1.807, 2.05) is 16.8 Å². The normalized spacial score (nSPS) is 22.6. The van der Waals surface area contributed by atoms with Crippen LogP contribution < -0.4 is 5.32 Å². The van der Waals surface area contributed by atoms with Crippen molar-refractivity contribution in [1.82, 2.24) is 10.3 Å². The number of hydrogen-bond acceptors (Lipinski definition) is 5. The highest BCUT2D eigenvalue weighted by atomic mass is 32.1. The number of carbonyl (C=O) groups is 1. The number of nitrogens with one attached hydrogen (secondary N) is 1. The van der Waals surface area contributed by atoms with Crippen molar-refractivity contribution in [3.8, 4) is 10.6 Å². The van der Waals surface area contributed by atoms with Gasteiger partial charge in [-0.1, -0.05) is 12.8 Å². The molecule has 0 aromatic carbocycles. The summed E-state index contributed by atoms with van der Waals surface area (Å²) < 4.78 is 0. The second-order valence-electron chi connectivity index (χ2n) is 4.98. The minimum Gasteiger partial charge on any atom is -0.391 e. The third-order valence-corrected chi connectivity index (χ3v) is 5.13. The van der Waals surface area contributed by atoms with E-state index in [4.69, 9.17) is 0 Å². The molecule has 0 spiro atoms. The van der Waals surface area contributed by atoms with Gasteiger partial charge < -0.3 is 10.4 Å². The maximum Gasteiger partial charge on any atom is 0.271 e. The van der Waals surface area contributed by atoms with Crippen LogP contribution in [-0.2, 0) is 0 Å². The molecule has 2 aromatic heterocycles. The Morgan fingerprint density at radius 2 is 2.20 bits per heavy atom. The molecule has 1 saturated carbocycles. The average Bonchev–Trinajstić information content (AvgIpc) is 3.11. The van der Waals surface area contributed by atoms with Gasteiger partial charge in [0.15, 0.2) is 0 Å². The van der Waals surface area contributed by atoms with Crippen molar-refractivity contribution < 1.29 is 9.90 Å². The van der Waals surface area contributed by atoms with Gasteiger partial charge in [-0.3, -0.25) is 4.79 Å². The monoisotopic (exact) mass is 308 g/mol. The number of aliphatic hydroxyl groups excluding tert-OH is 1. The molecule has 2 aromatic rings. The van der Waals surface area contributed by atoms with E-state index in [0.29, 0.717) is 5.69 Å². The standard InChI is InChI=1S/C14H16N2O2S2/c17-12-4-2-1-3-10(12)15-13(18)11-8-20-14(16-11)9-5-6-19-7-9/h5-8,10,12,17H,1-4H2,(H,15,18). The lowest BCUT2D eigenvalue weighted by molar-refractivity contribution is 0.0714. The molecule has 6 heteroatoms. The van der Waals surface area contributed by atoms with Crippen LogP contribution in [0.15, 0.2) is 22.2 Å².